The third-order valence-corrected chi connectivity index (χ3v) is 8.82. The van der Waals surface area contributed by atoms with Crippen molar-refractivity contribution in [3.63, 3.8) is 0 Å². The lowest BCUT2D eigenvalue weighted by molar-refractivity contribution is -0.137. The van der Waals surface area contributed by atoms with Gasteiger partial charge in [-0.05, 0) is 35.3 Å². The van der Waals surface area contributed by atoms with Gasteiger partial charge >= 0.3 is 19.4 Å². The van der Waals surface area contributed by atoms with E-state index in [9.17, 15) is 26.5 Å². The van der Waals surface area contributed by atoms with Crippen LogP contribution in [0.1, 0.15) is 12.5 Å². The highest BCUT2D eigenvalue weighted by Gasteiger charge is 2.55. The minimum absolute atomic E-state index is 0.0226. The van der Waals surface area contributed by atoms with E-state index in [0.717, 1.165) is 12.1 Å². The molecule has 2 unspecified atom stereocenters. The molecule has 240 valence electrons. The van der Waals surface area contributed by atoms with Crippen LogP contribution in [0.15, 0.2) is 66.4 Å². The Bertz CT molecular complexity index is 1870. The molecule has 1 aliphatic rings. The number of hydrogen-bond donors (Lipinski definition) is 3. The highest BCUT2D eigenvalue weighted by Crippen LogP contribution is 2.59. The summed E-state index contributed by atoms with van der Waals surface area (Å²) < 4.78 is 89.8. The Morgan fingerprint density at radius 3 is 2.44 bits per heavy atom. The number of halogens is 5. The molecular formula is C30H31F5N5O4P. The topological polar surface area (TPSA) is 127 Å². The quantitative estimate of drug-likeness (QED) is 0.107. The first-order valence-corrected chi connectivity index (χ1v) is 15.4. The maximum atomic E-state index is 14.3. The van der Waals surface area contributed by atoms with E-state index in [4.69, 9.17) is 20.3 Å². The van der Waals surface area contributed by atoms with Crippen molar-refractivity contribution in [1.29, 1.82) is 0 Å². The molecule has 0 aliphatic heterocycles. The van der Waals surface area contributed by atoms with Crippen molar-refractivity contribution in [3.8, 4) is 11.1 Å². The largest absolute Gasteiger partial charge is 0.417 e. The van der Waals surface area contributed by atoms with Crippen LogP contribution in [0.25, 0.3) is 32.9 Å². The molecule has 0 spiro atoms. The molecule has 2 atom stereocenters. The molecule has 2 aromatic carbocycles. The Morgan fingerprint density at radius 2 is 1.80 bits per heavy atom. The van der Waals surface area contributed by atoms with Crippen LogP contribution in [-0.4, -0.2) is 57.3 Å². The summed E-state index contributed by atoms with van der Waals surface area (Å²) in [5, 5.41) is 1.23. The molecule has 15 heteroatoms. The molecule has 9 nitrogen and oxygen atoms in total. The number of allylic oxidation sites excluding steroid dienone is 2. The van der Waals surface area contributed by atoms with Crippen molar-refractivity contribution in [2.24, 2.45) is 11.8 Å². The highest BCUT2D eigenvalue weighted by molar-refractivity contribution is 7.53. The minimum Gasteiger partial charge on any atom is -0.375 e. The first-order chi connectivity index (χ1) is 21.0. The van der Waals surface area contributed by atoms with Crippen molar-refractivity contribution in [2.75, 3.05) is 37.9 Å². The summed E-state index contributed by atoms with van der Waals surface area (Å²) in [7, 11) is -2.11. The van der Waals surface area contributed by atoms with Crippen molar-refractivity contribution in [3.05, 3.63) is 72.0 Å². The van der Waals surface area contributed by atoms with E-state index >= 15 is 0 Å². The van der Waals surface area contributed by atoms with E-state index in [1.54, 1.807) is 41.9 Å². The zero-order valence-electron chi connectivity index (χ0n) is 24.5. The van der Waals surface area contributed by atoms with E-state index in [1.165, 1.54) is 37.3 Å². The van der Waals surface area contributed by atoms with Crippen molar-refractivity contribution in [2.45, 2.75) is 25.3 Å². The maximum Gasteiger partial charge on any atom is 0.417 e. The molecule has 2 heterocycles. The molecule has 0 fully saturated rings. The summed E-state index contributed by atoms with van der Waals surface area (Å²) in [6.45, 7) is 1.81. The fourth-order valence-corrected chi connectivity index (χ4v) is 6.39. The van der Waals surface area contributed by atoms with Gasteiger partial charge in [0.1, 0.15) is 5.82 Å². The summed E-state index contributed by atoms with van der Waals surface area (Å²) in [4.78, 5) is 28.6. The number of nitrogens with zero attached hydrogens (tertiary/aromatic N) is 4. The van der Waals surface area contributed by atoms with Crippen LogP contribution in [0, 0.1) is 11.8 Å². The fraction of sp³-hybridized carbons (Fsp3) is 0.333. The van der Waals surface area contributed by atoms with E-state index in [0.29, 0.717) is 38.8 Å². The Balaban J connectivity index is 1.48. The number of alkyl halides is 5. The van der Waals surface area contributed by atoms with Gasteiger partial charge in [-0.1, -0.05) is 43.4 Å². The van der Waals surface area contributed by atoms with Crippen LogP contribution in [-0.2, 0) is 22.0 Å². The average molecular weight is 652 g/mol. The lowest BCUT2D eigenvalue weighted by Gasteiger charge is -2.30. The van der Waals surface area contributed by atoms with Crippen molar-refractivity contribution in [1.82, 2.24) is 14.5 Å². The second-order valence-electron chi connectivity index (χ2n) is 11.1. The van der Waals surface area contributed by atoms with Crippen LogP contribution in [0.4, 0.5) is 33.7 Å². The van der Waals surface area contributed by atoms with Gasteiger partial charge in [-0.2, -0.15) is 26.9 Å². The fourth-order valence-electron chi connectivity index (χ4n) is 5.68. The Morgan fingerprint density at radius 1 is 1.09 bits per heavy atom. The normalized spacial score (nSPS) is 17.7. The molecule has 0 saturated heterocycles. The third-order valence-electron chi connectivity index (χ3n) is 7.75. The molecule has 0 bridgehead atoms. The maximum absolute atomic E-state index is 14.3. The SMILES string of the molecule is CC1C=C(COCCn2ccc3c4c(N(C)C)nc(N)nc4cc(-c4ccccc4C(F)(F)F)c32)C=CC1C(F)(F)P(=O)(O)O. The van der Waals surface area contributed by atoms with E-state index in [2.05, 4.69) is 9.97 Å². The van der Waals surface area contributed by atoms with Crippen LogP contribution < -0.4 is 10.6 Å². The van der Waals surface area contributed by atoms with Gasteiger partial charge in [-0.25, -0.2) is 4.98 Å². The number of ether oxygens (including phenoxy) is 1. The van der Waals surface area contributed by atoms with Gasteiger partial charge in [0.15, 0.2) is 0 Å². The smallest absolute Gasteiger partial charge is 0.375 e. The molecule has 0 amide bonds. The van der Waals surface area contributed by atoms with Crippen LogP contribution in [0.2, 0.25) is 0 Å². The molecule has 1 aliphatic carbocycles. The van der Waals surface area contributed by atoms with Gasteiger partial charge in [0.2, 0.25) is 5.95 Å². The Labute approximate surface area is 255 Å². The number of nitrogens with two attached hydrogens (primary N) is 1. The highest BCUT2D eigenvalue weighted by atomic mass is 31.2. The number of rotatable bonds is 9. The zero-order chi connectivity index (χ0) is 32.9. The summed E-state index contributed by atoms with van der Waals surface area (Å²) >= 11 is 0. The van der Waals surface area contributed by atoms with Crippen molar-refractivity contribution >= 4 is 41.2 Å². The van der Waals surface area contributed by atoms with Gasteiger partial charge in [0, 0.05) is 37.8 Å². The average Bonchev–Trinajstić information content (AvgIpc) is 3.37. The summed E-state index contributed by atoms with van der Waals surface area (Å²) in [6, 6.07) is 8.64. The number of hydrogen-bond acceptors (Lipinski definition) is 6. The van der Waals surface area contributed by atoms with Crippen LogP contribution in [0.3, 0.4) is 0 Å². The first kappa shape index (κ1) is 32.6. The monoisotopic (exact) mass is 651 g/mol. The van der Waals surface area contributed by atoms with E-state index in [1.807, 2.05) is 0 Å². The zero-order valence-corrected chi connectivity index (χ0v) is 25.4. The molecule has 45 heavy (non-hydrogen) atoms. The first-order valence-electron chi connectivity index (χ1n) is 13.8. The second kappa shape index (κ2) is 11.8. The molecule has 2 aromatic heterocycles. The number of fused-ring (bicyclic) bond motifs is 3. The lowest BCUT2D eigenvalue weighted by atomic mass is 9.87. The number of nitrogen functional groups attached to an aromatic ring is 1. The van der Waals surface area contributed by atoms with Crippen LogP contribution >= 0.6 is 7.60 Å². The number of aromatic nitrogens is 3. The van der Waals surface area contributed by atoms with Crippen molar-refractivity contribution < 1.29 is 41.0 Å². The van der Waals surface area contributed by atoms with Gasteiger partial charge in [-0.15, -0.1) is 0 Å². The Hall–Kier alpha value is -3.84. The van der Waals surface area contributed by atoms with Crippen LogP contribution in [0.5, 0.6) is 0 Å². The summed E-state index contributed by atoms with van der Waals surface area (Å²) in [5.74, 6) is -2.06. The van der Waals surface area contributed by atoms with Gasteiger partial charge in [-0.3, -0.25) is 4.57 Å². The summed E-state index contributed by atoms with van der Waals surface area (Å²) in [5.41, 5.74) is 2.65. The lowest BCUT2D eigenvalue weighted by Crippen LogP contribution is -2.32. The second-order valence-corrected chi connectivity index (χ2v) is 12.8. The number of anilines is 2. The Kier molecular flexibility index (Phi) is 8.56. The molecule has 0 saturated carbocycles. The minimum atomic E-state index is -5.66. The molecule has 5 rings (SSSR count). The molecule has 0 radical (unpaired) electrons. The molecule has 4 N–H and O–H groups in total. The molecular weight excluding hydrogens is 620 g/mol. The van der Waals surface area contributed by atoms with Gasteiger partial charge in [0.05, 0.1) is 41.1 Å². The van der Waals surface area contributed by atoms with E-state index in [-0.39, 0.29) is 31.3 Å². The predicted octanol–water partition coefficient (Wildman–Crippen LogP) is 6.45. The number of benzene rings is 2. The summed E-state index contributed by atoms with van der Waals surface area (Å²) in [6.07, 6.45) is 1.02. The standard InChI is InChI=1S/C30H31F5N5O4P/c1-17-14-18(8-9-22(17)30(34,35)45(41,42)43)16-44-13-12-40-11-10-20-25-24(37-28(36)38-27(25)39(2)3)15-21(26(20)40)19-6-4-5-7-23(19)29(31,32)33/h4-11,14-15,17,22H,12-13,16H2,1-3H3,(H2,36,37,38)(H2,41,42,43). The predicted molar refractivity (Wildman–Crippen MR) is 162 cm³/mol. The molecule has 4 aromatic rings. The third kappa shape index (κ3) is 6.19. The van der Waals surface area contributed by atoms with Gasteiger partial charge in [0.25, 0.3) is 0 Å². The van der Waals surface area contributed by atoms with E-state index < -0.39 is 36.8 Å². The van der Waals surface area contributed by atoms with Gasteiger partial charge < -0.3 is 29.7 Å².